The molecule has 30 heavy (non-hydrogen) atoms. The number of nitrogens with zero attached hydrogens (tertiary/aromatic N) is 3. The van der Waals surface area contributed by atoms with E-state index in [0.29, 0.717) is 29.3 Å². The van der Waals surface area contributed by atoms with E-state index >= 15 is 0 Å². The highest BCUT2D eigenvalue weighted by molar-refractivity contribution is 6.30. The minimum atomic E-state index is 0.0412. The molecule has 1 unspecified atom stereocenters. The lowest BCUT2D eigenvalue weighted by molar-refractivity contribution is -0.127. The Kier molecular flexibility index (Phi) is 7.39. The molecular formula is C23H31ClN4O2. The van der Waals surface area contributed by atoms with Gasteiger partial charge in [-0.25, -0.2) is 0 Å². The summed E-state index contributed by atoms with van der Waals surface area (Å²) in [4.78, 5) is 19.7. The summed E-state index contributed by atoms with van der Waals surface area (Å²) in [6.45, 7) is 2.26. The summed E-state index contributed by atoms with van der Waals surface area (Å²) in [5, 5.41) is 8.08. The van der Waals surface area contributed by atoms with Crippen LogP contribution in [0.4, 0.5) is 0 Å². The van der Waals surface area contributed by atoms with E-state index in [1.54, 1.807) is 0 Å². The van der Waals surface area contributed by atoms with Gasteiger partial charge in [-0.2, -0.15) is 4.98 Å². The molecule has 1 saturated heterocycles. The van der Waals surface area contributed by atoms with Crippen LogP contribution in [0.25, 0.3) is 11.4 Å². The van der Waals surface area contributed by atoms with Gasteiger partial charge in [-0.3, -0.25) is 9.69 Å². The van der Waals surface area contributed by atoms with Crippen LogP contribution in [-0.2, 0) is 11.3 Å². The second kappa shape index (κ2) is 10.4. The van der Waals surface area contributed by atoms with Gasteiger partial charge in [0, 0.05) is 23.2 Å². The number of hydrogen-bond acceptors (Lipinski definition) is 5. The molecule has 1 atom stereocenters. The van der Waals surface area contributed by atoms with Crippen molar-refractivity contribution in [3.8, 4) is 11.4 Å². The molecule has 1 N–H and O–H groups in total. The Bertz CT molecular complexity index is 832. The number of hydrogen-bond donors (Lipinski definition) is 1. The molecule has 1 aliphatic carbocycles. The minimum absolute atomic E-state index is 0.0412. The third-order valence-corrected chi connectivity index (χ3v) is 6.47. The third-order valence-electron chi connectivity index (χ3n) is 6.24. The number of likely N-dealkylation sites (tertiary alicyclic amines) is 1. The first-order valence-electron chi connectivity index (χ1n) is 11.3. The van der Waals surface area contributed by atoms with E-state index in [0.717, 1.165) is 44.3 Å². The largest absolute Gasteiger partial charge is 0.353 e. The molecule has 1 aromatic carbocycles. The molecule has 162 valence electrons. The number of halogens is 1. The number of carbonyl (C=O) groups excluding carboxylic acids is 1. The molecule has 4 rings (SSSR count). The molecule has 7 heteroatoms. The average molecular weight is 431 g/mol. The summed E-state index contributed by atoms with van der Waals surface area (Å²) in [5.41, 5.74) is 0.840. The van der Waals surface area contributed by atoms with Gasteiger partial charge < -0.3 is 9.84 Å². The Hall–Kier alpha value is -1.92. The average Bonchev–Trinajstić information content (AvgIpc) is 3.18. The maximum absolute atomic E-state index is 12.9. The van der Waals surface area contributed by atoms with Gasteiger partial charge in [-0.15, -0.1) is 0 Å². The van der Waals surface area contributed by atoms with Crippen LogP contribution in [0.5, 0.6) is 0 Å². The number of rotatable bonds is 5. The number of nitrogens with one attached hydrogen (secondary N) is 1. The summed E-state index contributed by atoms with van der Waals surface area (Å²) in [5.74, 6) is 1.38. The number of aromatic nitrogens is 2. The lowest BCUT2D eigenvalue weighted by atomic mass is 9.94. The topological polar surface area (TPSA) is 71.3 Å². The molecule has 1 aliphatic heterocycles. The van der Waals surface area contributed by atoms with Crippen LogP contribution >= 0.6 is 11.6 Å². The molecule has 1 amide bonds. The van der Waals surface area contributed by atoms with Crippen molar-refractivity contribution in [1.29, 1.82) is 0 Å². The van der Waals surface area contributed by atoms with Crippen molar-refractivity contribution < 1.29 is 9.32 Å². The maximum atomic E-state index is 12.9. The Morgan fingerprint density at radius 1 is 1.13 bits per heavy atom. The fourth-order valence-electron chi connectivity index (χ4n) is 4.59. The lowest BCUT2D eigenvalue weighted by Crippen LogP contribution is -2.45. The zero-order valence-electron chi connectivity index (χ0n) is 17.5. The normalized spacial score (nSPS) is 21.7. The number of carbonyl (C=O) groups is 1. The minimum Gasteiger partial charge on any atom is -0.353 e. The maximum Gasteiger partial charge on any atom is 0.241 e. The van der Waals surface area contributed by atoms with E-state index in [1.807, 2.05) is 24.3 Å². The summed E-state index contributed by atoms with van der Waals surface area (Å²) in [6, 6.07) is 7.79. The third kappa shape index (κ3) is 5.82. The molecule has 2 heterocycles. The van der Waals surface area contributed by atoms with E-state index in [9.17, 15) is 4.79 Å². The van der Waals surface area contributed by atoms with Crippen LogP contribution in [0.15, 0.2) is 28.8 Å². The van der Waals surface area contributed by atoms with Gasteiger partial charge in [0.2, 0.25) is 17.6 Å². The van der Waals surface area contributed by atoms with Crippen LogP contribution in [0, 0.1) is 5.92 Å². The predicted octanol–water partition coefficient (Wildman–Crippen LogP) is 4.83. The fourth-order valence-corrected chi connectivity index (χ4v) is 4.78. The summed E-state index contributed by atoms with van der Waals surface area (Å²) < 4.78 is 5.46. The summed E-state index contributed by atoms with van der Waals surface area (Å²) >= 11 is 6.06. The predicted molar refractivity (Wildman–Crippen MR) is 117 cm³/mol. The van der Waals surface area contributed by atoms with Crippen molar-refractivity contribution in [2.75, 3.05) is 13.1 Å². The van der Waals surface area contributed by atoms with Crippen LogP contribution < -0.4 is 5.32 Å². The van der Waals surface area contributed by atoms with Crippen molar-refractivity contribution >= 4 is 17.5 Å². The molecule has 2 fully saturated rings. The van der Waals surface area contributed by atoms with E-state index in [2.05, 4.69) is 20.4 Å². The van der Waals surface area contributed by atoms with E-state index in [1.165, 1.54) is 32.1 Å². The van der Waals surface area contributed by atoms with E-state index < -0.39 is 0 Å². The summed E-state index contributed by atoms with van der Waals surface area (Å²) in [6.07, 6.45) is 10.6. The Labute approximate surface area is 183 Å². The molecule has 0 bridgehead atoms. The van der Waals surface area contributed by atoms with Crippen molar-refractivity contribution in [3.05, 3.63) is 35.2 Å². The van der Waals surface area contributed by atoms with Crippen molar-refractivity contribution in [2.45, 2.75) is 70.4 Å². The SMILES string of the molecule is O=C(NC1CCCCCCC1)C1CCCN(Cc2nc(-c3cccc(Cl)c3)no2)C1. The Balaban J connectivity index is 1.31. The Morgan fingerprint density at radius 2 is 1.93 bits per heavy atom. The molecule has 2 aliphatic rings. The fraction of sp³-hybridized carbons (Fsp3) is 0.609. The first kappa shape index (κ1) is 21.3. The highest BCUT2D eigenvalue weighted by atomic mass is 35.5. The molecule has 0 spiro atoms. The quantitative estimate of drug-likeness (QED) is 0.735. The van der Waals surface area contributed by atoms with Crippen LogP contribution in [0.2, 0.25) is 5.02 Å². The zero-order valence-corrected chi connectivity index (χ0v) is 18.2. The van der Waals surface area contributed by atoms with E-state index in [-0.39, 0.29) is 11.8 Å². The second-order valence-electron chi connectivity index (χ2n) is 8.65. The highest BCUT2D eigenvalue weighted by Crippen LogP contribution is 2.23. The number of amides is 1. The van der Waals surface area contributed by atoms with Crippen molar-refractivity contribution in [1.82, 2.24) is 20.4 Å². The van der Waals surface area contributed by atoms with Gasteiger partial charge in [-0.1, -0.05) is 61.0 Å². The van der Waals surface area contributed by atoms with Gasteiger partial charge in [0.15, 0.2) is 0 Å². The van der Waals surface area contributed by atoms with Gasteiger partial charge in [0.25, 0.3) is 0 Å². The van der Waals surface area contributed by atoms with Crippen molar-refractivity contribution in [2.24, 2.45) is 5.92 Å². The summed E-state index contributed by atoms with van der Waals surface area (Å²) in [7, 11) is 0. The number of benzene rings is 1. The van der Waals surface area contributed by atoms with Gasteiger partial charge in [0.1, 0.15) is 0 Å². The van der Waals surface area contributed by atoms with Gasteiger partial charge >= 0.3 is 0 Å². The van der Waals surface area contributed by atoms with Crippen molar-refractivity contribution in [3.63, 3.8) is 0 Å². The Morgan fingerprint density at radius 3 is 2.73 bits per heavy atom. The number of piperidine rings is 1. The molecular weight excluding hydrogens is 400 g/mol. The molecule has 6 nitrogen and oxygen atoms in total. The molecule has 0 radical (unpaired) electrons. The first-order valence-corrected chi connectivity index (χ1v) is 11.7. The van der Waals surface area contributed by atoms with E-state index in [4.69, 9.17) is 16.1 Å². The standard InChI is InChI=1S/C23H31ClN4O2/c24-19-10-6-8-17(14-19)22-26-21(30-27-22)16-28-13-7-9-18(15-28)23(29)25-20-11-4-2-1-3-5-12-20/h6,8,10,14,18,20H,1-5,7,9,11-13,15-16H2,(H,25,29). The highest BCUT2D eigenvalue weighted by Gasteiger charge is 2.28. The second-order valence-corrected chi connectivity index (χ2v) is 9.08. The first-order chi connectivity index (χ1) is 14.7. The van der Waals surface area contributed by atoms with Crippen LogP contribution in [-0.4, -0.2) is 40.1 Å². The zero-order chi connectivity index (χ0) is 20.8. The van der Waals surface area contributed by atoms with Gasteiger partial charge in [0.05, 0.1) is 12.5 Å². The monoisotopic (exact) mass is 430 g/mol. The molecule has 1 aromatic heterocycles. The lowest BCUT2D eigenvalue weighted by Gasteiger charge is -2.32. The molecule has 1 saturated carbocycles. The van der Waals surface area contributed by atoms with Crippen LogP contribution in [0.3, 0.4) is 0 Å². The smallest absolute Gasteiger partial charge is 0.241 e. The molecule has 2 aromatic rings. The van der Waals surface area contributed by atoms with Gasteiger partial charge in [-0.05, 0) is 44.4 Å². The van der Waals surface area contributed by atoms with Crippen LogP contribution in [0.1, 0.15) is 63.7 Å².